The predicted molar refractivity (Wildman–Crippen MR) is 124 cm³/mol. The first-order valence-electron chi connectivity index (χ1n) is 10.4. The number of carbonyl (C=O) groups is 2. The third kappa shape index (κ3) is 9.76. The molecule has 0 heterocycles. The molecule has 3 atom stereocenters. The standard InChI is InChI=1S/C24H38O3.H3OP/c1-15(2)14-27-23(26)20(12-17(4)13-24(7,8)9)22(25)21-18(5)10-16(3)11-19(21)6;1-2/h10-11,15,17,20H,12-14H2,1-9H3;2H3. The lowest BCUT2D eigenvalue weighted by Gasteiger charge is -2.26. The largest absolute Gasteiger partial charge is 0.465 e. The molecule has 0 aliphatic rings. The molecule has 0 aromatic heterocycles. The van der Waals surface area contributed by atoms with E-state index in [1.54, 1.807) is 0 Å². The maximum atomic E-state index is 13.4. The van der Waals surface area contributed by atoms with Gasteiger partial charge in [-0.15, -0.1) is 0 Å². The number of hydrogen-bond donors (Lipinski definition) is 0. The van der Waals surface area contributed by atoms with Crippen LogP contribution in [0.1, 0.15) is 81.4 Å². The van der Waals surface area contributed by atoms with Crippen molar-refractivity contribution in [1.82, 2.24) is 0 Å². The second-order valence-corrected chi connectivity index (χ2v) is 9.82. The molecule has 0 amide bonds. The van der Waals surface area contributed by atoms with Crippen LogP contribution in [0.2, 0.25) is 0 Å². The average Bonchev–Trinajstić information content (AvgIpc) is 2.56. The summed E-state index contributed by atoms with van der Waals surface area (Å²) in [5, 5.41) is 0. The molecule has 1 aromatic rings. The van der Waals surface area contributed by atoms with Gasteiger partial charge in [0.05, 0.1) is 15.7 Å². The van der Waals surface area contributed by atoms with Crippen molar-refractivity contribution < 1.29 is 18.9 Å². The lowest BCUT2D eigenvalue weighted by molar-refractivity contribution is -0.148. The molecule has 0 fully saturated rings. The van der Waals surface area contributed by atoms with E-state index in [-0.39, 0.29) is 29.0 Å². The van der Waals surface area contributed by atoms with E-state index in [2.05, 4.69) is 27.7 Å². The highest BCUT2D eigenvalue weighted by Gasteiger charge is 2.33. The van der Waals surface area contributed by atoms with Gasteiger partial charge < -0.3 is 9.30 Å². The van der Waals surface area contributed by atoms with Crippen LogP contribution in [0.4, 0.5) is 0 Å². The van der Waals surface area contributed by atoms with Crippen LogP contribution in [0.25, 0.3) is 0 Å². The van der Waals surface area contributed by atoms with Gasteiger partial charge >= 0.3 is 5.97 Å². The molecule has 3 unspecified atom stereocenters. The molecule has 1 rings (SSSR count). The normalized spacial score (nSPS) is 13.4. The Morgan fingerprint density at radius 1 is 1.00 bits per heavy atom. The number of carbonyl (C=O) groups excluding carboxylic acids is 2. The summed E-state index contributed by atoms with van der Waals surface area (Å²) in [7, 11) is 0.611. The van der Waals surface area contributed by atoms with Gasteiger partial charge in [0.1, 0.15) is 5.92 Å². The van der Waals surface area contributed by atoms with Crippen molar-refractivity contribution in [3.05, 3.63) is 34.4 Å². The Bertz CT molecular complexity index is 666. The Morgan fingerprint density at radius 2 is 1.48 bits per heavy atom. The Labute approximate surface area is 179 Å². The number of hydrogen-bond acceptors (Lipinski definition) is 4. The van der Waals surface area contributed by atoms with Gasteiger partial charge in [0.2, 0.25) is 0 Å². The first kappa shape index (κ1) is 27.6. The minimum Gasteiger partial charge on any atom is -0.465 e. The zero-order valence-corrected chi connectivity index (χ0v) is 21.3. The lowest BCUT2D eigenvalue weighted by Crippen LogP contribution is -2.30. The van der Waals surface area contributed by atoms with Crippen LogP contribution in [-0.2, 0) is 14.1 Å². The Balaban J connectivity index is 0.00000379. The topological polar surface area (TPSA) is 60.4 Å². The van der Waals surface area contributed by atoms with E-state index in [9.17, 15) is 9.59 Å². The molecule has 0 spiro atoms. The molecule has 29 heavy (non-hydrogen) atoms. The molecule has 0 saturated heterocycles. The predicted octanol–water partition coefficient (Wildman–Crippen LogP) is 6.01. The van der Waals surface area contributed by atoms with E-state index in [1.165, 1.54) is 0 Å². The summed E-state index contributed by atoms with van der Waals surface area (Å²) < 4.78 is 13.8. The summed E-state index contributed by atoms with van der Waals surface area (Å²) in [5.74, 6) is -0.703. The van der Waals surface area contributed by atoms with Gasteiger partial charge in [0.25, 0.3) is 0 Å². The van der Waals surface area contributed by atoms with Gasteiger partial charge in [-0.1, -0.05) is 59.2 Å². The second kappa shape index (κ2) is 12.3. The van der Waals surface area contributed by atoms with Gasteiger partial charge in [0, 0.05) is 5.56 Å². The number of ketones is 1. The number of esters is 1. The third-order valence-corrected chi connectivity index (χ3v) is 4.68. The van der Waals surface area contributed by atoms with Crippen molar-refractivity contribution in [2.45, 2.75) is 75.2 Å². The summed E-state index contributed by atoms with van der Waals surface area (Å²) >= 11 is 0. The van der Waals surface area contributed by atoms with Gasteiger partial charge in [-0.2, -0.15) is 0 Å². The van der Waals surface area contributed by atoms with Crippen LogP contribution < -0.4 is 0 Å². The fourth-order valence-electron chi connectivity index (χ4n) is 3.93. The highest BCUT2D eigenvalue weighted by molar-refractivity contribution is 7.00. The molecular weight excluding hydrogens is 383 g/mol. The second-order valence-electron chi connectivity index (χ2n) is 9.82. The van der Waals surface area contributed by atoms with Crippen LogP contribution in [0.5, 0.6) is 0 Å². The summed E-state index contributed by atoms with van der Waals surface area (Å²) in [6.45, 7) is 18.9. The Morgan fingerprint density at radius 3 is 1.90 bits per heavy atom. The molecule has 0 N–H and O–H groups in total. The highest BCUT2D eigenvalue weighted by Crippen LogP contribution is 2.31. The summed E-state index contributed by atoms with van der Waals surface area (Å²) in [4.78, 5) is 26.2. The van der Waals surface area contributed by atoms with E-state index < -0.39 is 5.92 Å². The summed E-state index contributed by atoms with van der Waals surface area (Å²) in [6, 6.07) is 4.02. The number of benzene rings is 1. The zero-order valence-electron chi connectivity index (χ0n) is 19.8. The SMILES string of the molecule is Cc1cc(C)c(C(=O)C(CC(C)CC(C)(C)C)C(=O)OCC(C)C)c(C)c1.O=[PH3]. The van der Waals surface area contributed by atoms with Crippen LogP contribution in [0.3, 0.4) is 0 Å². The fourth-order valence-corrected chi connectivity index (χ4v) is 3.93. The molecule has 5 heteroatoms. The van der Waals surface area contributed by atoms with Gasteiger partial charge in [-0.3, -0.25) is 9.59 Å². The fraction of sp³-hybridized carbons (Fsp3) is 0.667. The molecule has 166 valence electrons. The Kier molecular flexibility index (Phi) is 11.7. The lowest BCUT2D eigenvalue weighted by atomic mass is 9.79. The molecule has 1 aromatic carbocycles. The van der Waals surface area contributed by atoms with E-state index in [4.69, 9.17) is 9.30 Å². The highest BCUT2D eigenvalue weighted by atomic mass is 31.0. The first-order chi connectivity index (χ1) is 13.3. The smallest absolute Gasteiger partial charge is 0.316 e. The third-order valence-electron chi connectivity index (χ3n) is 4.68. The number of rotatable bonds is 8. The number of Topliss-reactive ketones (excluding diaryl/α,β-unsaturated/α-hetero) is 1. The maximum Gasteiger partial charge on any atom is 0.316 e. The van der Waals surface area contributed by atoms with E-state index >= 15 is 0 Å². The van der Waals surface area contributed by atoms with Crippen LogP contribution >= 0.6 is 9.12 Å². The van der Waals surface area contributed by atoms with Crippen molar-refractivity contribution in [3.63, 3.8) is 0 Å². The van der Waals surface area contributed by atoms with Crippen molar-refractivity contribution in [3.8, 4) is 0 Å². The number of ether oxygens (including phenoxy) is 1. The summed E-state index contributed by atoms with van der Waals surface area (Å²) in [6.07, 6.45) is 1.49. The molecular formula is C24H41O4P. The van der Waals surface area contributed by atoms with E-state index in [0.717, 1.165) is 23.1 Å². The van der Waals surface area contributed by atoms with E-state index in [0.29, 0.717) is 27.7 Å². The zero-order chi connectivity index (χ0) is 22.9. The minimum atomic E-state index is -0.735. The quantitative estimate of drug-likeness (QED) is 0.222. The average molecular weight is 425 g/mol. The first-order valence-corrected chi connectivity index (χ1v) is 11.0. The Hall–Kier alpha value is -1.41. The van der Waals surface area contributed by atoms with Gasteiger partial charge in [-0.25, -0.2) is 0 Å². The molecule has 0 aliphatic carbocycles. The van der Waals surface area contributed by atoms with Crippen molar-refractivity contribution in [2.75, 3.05) is 6.61 Å². The van der Waals surface area contributed by atoms with Crippen LogP contribution in [0.15, 0.2) is 12.1 Å². The van der Waals surface area contributed by atoms with Gasteiger partial charge in [0.15, 0.2) is 5.78 Å². The minimum absolute atomic E-state index is 0.0977. The summed E-state index contributed by atoms with van der Waals surface area (Å²) in [5.41, 5.74) is 3.83. The molecule has 4 nitrogen and oxygen atoms in total. The molecule has 0 radical (unpaired) electrons. The number of aryl methyl sites for hydroxylation is 3. The van der Waals surface area contributed by atoms with Crippen molar-refractivity contribution >= 4 is 20.9 Å². The molecule has 0 aliphatic heterocycles. The van der Waals surface area contributed by atoms with E-state index in [1.807, 2.05) is 46.8 Å². The van der Waals surface area contributed by atoms with Crippen molar-refractivity contribution in [1.29, 1.82) is 0 Å². The van der Waals surface area contributed by atoms with Crippen LogP contribution in [-0.4, -0.2) is 18.4 Å². The van der Waals surface area contributed by atoms with Crippen LogP contribution in [0, 0.1) is 43.9 Å². The monoisotopic (exact) mass is 424 g/mol. The molecule has 0 bridgehead atoms. The van der Waals surface area contributed by atoms with Gasteiger partial charge in [-0.05, 0) is 62.0 Å². The van der Waals surface area contributed by atoms with Crippen molar-refractivity contribution in [2.24, 2.45) is 23.2 Å². The molecule has 0 saturated carbocycles. The maximum absolute atomic E-state index is 13.4.